The molecule has 0 heterocycles. The number of amides is 3. The number of thioether (sulfide) groups is 1. The lowest BCUT2D eigenvalue weighted by molar-refractivity contribution is -0.147. The Kier molecular flexibility index (Phi) is 11.0. The van der Waals surface area contributed by atoms with Gasteiger partial charge in [-0.05, 0) is 89.0 Å². The fraction of sp³-hybridized carbons (Fsp3) is 0.633. The predicted octanol–water partition coefficient (Wildman–Crippen LogP) is 5.19. The summed E-state index contributed by atoms with van der Waals surface area (Å²) in [5, 5.41) is 6.06. The van der Waals surface area contributed by atoms with Crippen molar-refractivity contribution in [2.24, 2.45) is 0 Å². The molecular formula is C30H43N3O4S. The summed E-state index contributed by atoms with van der Waals surface area (Å²) in [6.07, 6.45) is 15.2. The van der Waals surface area contributed by atoms with Gasteiger partial charge in [0.2, 0.25) is 11.8 Å². The van der Waals surface area contributed by atoms with E-state index in [9.17, 15) is 14.4 Å². The maximum absolute atomic E-state index is 14.3. The average Bonchev–Trinajstić information content (AvgIpc) is 2.84. The van der Waals surface area contributed by atoms with Crippen molar-refractivity contribution in [1.82, 2.24) is 15.5 Å². The molecule has 208 valence electrons. The Hall–Kier alpha value is -2.66. The van der Waals surface area contributed by atoms with E-state index in [1.54, 1.807) is 37.4 Å². The van der Waals surface area contributed by atoms with Gasteiger partial charge in [0.15, 0.2) is 0 Å². The molecule has 1 aromatic rings. The largest absolute Gasteiger partial charge is 0.444 e. The van der Waals surface area contributed by atoms with Gasteiger partial charge in [0.1, 0.15) is 17.7 Å². The van der Waals surface area contributed by atoms with Gasteiger partial charge in [-0.3, -0.25) is 9.59 Å². The third kappa shape index (κ3) is 8.42. The van der Waals surface area contributed by atoms with E-state index in [0.717, 1.165) is 50.5 Å². The first-order valence-corrected chi connectivity index (χ1v) is 15.2. The third-order valence-corrected chi connectivity index (χ3v) is 7.84. The minimum atomic E-state index is -0.807. The monoisotopic (exact) mass is 541 g/mol. The van der Waals surface area contributed by atoms with Crippen molar-refractivity contribution in [3.05, 3.63) is 35.4 Å². The minimum Gasteiger partial charge on any atom is -0.444 e. The Morgan fingerprint density at radius 1 is 1.08 bits per heavy atom. The van der Waals surface area contributed by atoms with Gasteiger partial charge in [-0.25, -0.2) is 4.79 Å². The summed E-state index contributed by atoms with van der Waals surface area (Å²) < 4.78 is 5.47. The number of alkyl carbamates (subject to hydrolysis) is 1. The number of nitrogens with zero attached hydrogens (tertiary/aromatic N) is 1. The van der Waals surface area contributed by atoms with Crippen molar-refractivity contribution in [2.75, 3.05) is 12.0 Å². The van der Waals surface area contributed by atoms with E-state index in [0.29, 0.717) is 17.7 Å². The van der Waals surface area contributed by atoms with E-state index in [2.05, 4.69) is 16.6 Å². The second-order valence-electron chi connectivity index (χ2n) is 11.3. The highest BCUT2D eigenvalue weighted by molar-refractivity contribution is 7.98. The third-order valence-electron chi connectivity index (χ3n) is 7.19. The Bertz CT molecular complexity index is 988. The number of terminal acetylenes is 1. The lowest BCUT2D eigenvalue weighted by Crippen LogP contribution is -2.58. The van der Waals surface area contributed by atoms with E-state index >= 15 is 0 Å². The highest BCUT2D eigenvalue weighted by Crippen LogP contribution is 2.34. The van der Waals surface area contributed by atoms with Crippen molar-refractivity contribution < 1.29 is 19.1 Å². The van der Waals surface area contributed by atoms with Crippen LogP contribution in [0.5, 0.6) is 0 Å². The Morgan fingerprint density at radius 3 is 2.26 bits per heavy atom. The highest BCUT2D eigenvalue weighted by atomic mass is 32.2. The zero-order valence-electron chi connectivity index (χ0n) is 23.3. The van der Waals surface area contributed by atoms with Gasteiger partial charge in [0, 0.05) is 17.6 Å². The summed E-state index contributed by atoms with van der Waals surface area (Å²) in [5.74, 6) is 2.88. The maximum Gasteiger partial charge on any atom is 0.408 e. The topological polar surface area (TPSA) is 87.7 Å². The van der Waals surface area contributed by atoms with Gasteiger partial charge < -0.3 is 20.3 Å². The molecule has 2 aliphatic rings. The molecule has 3 rings (SSSR count). The average molecular weight is 542 g/mol. The number of benzene rings is 1. The molecule has 2 aliphatic carbocycles. The van der Waals surface area contributed by atoms with E-state index in [1.807, 2.05) is 30.5 Å². The standard InChI is InChI=1S/C30H43N3O4S/c1-6-21-15-17-22(18-16-21)26(27(34)31-23-11-8-7-9-12-23)33(24-13-10-14-24)28(35)25(19-20-38-5)32-29(36)37-30(2,3)4/h1,15-18,23-26H,7-14,19-20H2,2-5H3,(H,31,34)(H,32,36). The molecule has 3 amide bonds. The van der Waals surface area contributed by atoms with Crippen molar-refractivity contribution in [2.45, 2.75) is 108 Å². The summed E-state index contributed by atoms with van der Waals surface area (Å²) in [5.41, 5.74) is 0.746. The van der Waals surface area contributed by atoms with Gasteiger partial charge >= 0.3 is 6.09 Å². The van der Waals surface area contributed by atoms with Crippen molar-refractivity contribution in [3.8, 4) is 12.3 Å². The molecule has 8 heteroatoms. The molecule has 0 radical (unpaired) electrons. The molecule has 2 atom stereocenters. The summed E-state index contributed by atoms with van der Waals surface area (Å²) >= 11 is 1.60. The van der Waals surface area contributed by atoms with Crippen LogP contribution in [-0.4, -0.2) is 58.5 Å². The molecule has 2 unspecified atom stereocenters. The molecule has 2 fully saturated rings. The molecule has 0 aromatic heterocycles. The summed E-state index contributed by atoms with van der Waals surface area (Å²) in [6, 6.07) is 5.73. The molecule has 0 aliphatic heterocycles. The summed E-state index contributed by atoms with van der Waals surface area (Å²) in [6.45, 7) is 5.37. The predicted molar refractivity (Wildman–Crippen MR) is 153 cm³/mol. The van der Waals surface area contributed by atoms with E-state index in [4.69, 9.17) is 11.2 Å². The van der Waals surface area contributed by atoms with Crippen LogP contribution in [0.4, 0.5) is 4.79 Å². The van der Waals surface area contributed by atoms with Gasteiger partial charge in [-0.15, -0.1) is 6.42 Å². The zero-order valence-corrected chi connectivity index (χ0v) is 24.1. The maximum atomic E-state index is 14.3. The van der Waals surface area contributed by atoms with Crippen LogP contribution < -0.4 is 10.6 Å². The van der Waals surface area contributed by atoms with Crippen molar-refractivity contribution in [1.29, 1.82) is 0 Å². The van der Waals surface area contributed by atoms with Crippen LogP contribution in [-0.2, 0) is 14.3 Å². The van der Waals surface area contributed by atoms with Gasteiger partial charge in [-0.1, -0.05) is 37.3 Å². The van der Waals surface area contributed by atoms with E-state index in [-0.39, 0.29) is 23.9 Å². The number of carbonyl (C=O) groups is 3. The molecule has 0 spiro atoms. The quantitative estimate of drug-likeness (QED) is 0.398. The first-order valence-electron chi connectivity index (χ1n) is 13.8. The number of carbonyl (C=O) groups excluding carboxylic acids is 3. The molecular weight excluding hydrogens is 498 g/mol. The molecule has 38 heavy (non-hydrogen) atoms. The Balaban J connectivity index is 1.95. The van der Waals surface area contributed by atoms with Crippen molar-refractivity contribution >= 4 is 29.7 Å². The van der Waals surface area contributed by atoms with Crippen LogP contribution in [0.2, 0.25) is 0 Å². The lowest BCUT2D eigenvalue weighted by atomic mass is 9.87. The van der Waals surface area contributed by atoms with Gasteiger partial charge in [0.25, 0.3) is 0 Å². The molecule has 2 saturated carbocycles. The molecule has 0 saturated heterocycles. The number of hydrogen-bond acceptors (Lipinski definition) is 5. The number of nitrogens with one attached hydrogen (secondary N) is 2. The summed E-state index contributed by atoms with van der Waals surface area (Å²) in [4.78, 5) is 42.6. The summed E-state index contributed by atoms with van der Waals surface area (Å²) in [7, 11) is 0. The number of ether oxygens (including phenoxy) is 1. The van der Waals surface area contributed by atoms with Gasteiger partial charge in [0.05, 0.1) is 0 Å². The minimum absolute atomic E-state index is 0.0749. The van der Waals surface area contributed by atoms with Crippen molar-refractivity contribution in [3.63, 3.8) is 0 Å². The smallest absolute Gasteiger partial charge is 0.408 e. The van der Waals surface area contributed by atoms with E-state index < -0.39 is 23.8 Å². The van der Waals surface area contributed by atoms with Gasteiger partial charge in [-0.2, -0.15) is 11.8 Å². The van der Waals surface area contributed by atoms with Crippen LogP contribution >= 0.6 is 11.8 Å². The SMILES string of the molecule is C#Cc1ccc(C(C(=O)NC2CCCCC2)N(C(=O)C(CCSC)NC(=O)OC(C)(C)C)C2CCC2)cc1. The molecule has 2 N–H and O–H groups in total. The first-order chi connectivity index (χ1) is 18.1. The second-order valence-corrected chi connectivity index (χ2v) is 12.3. The lowest BCUT2D eigenvalue weighted by Gasteiger charge is -2.44. The van der Waals surface area contributed by atoms with Crippen LogP contribution in [0, 0.1) is 12.3 Å². The normalized spacial score (nSPS) is 17.9. The Morgan fingerprint density at radius 2 is 1.74 bits per heavy atom. The fourth-order valence-corrected chi connectivity index (χ4v) is 5.50. The van der Waals surface area contributed by atoms with Crippen LogP contribution in [0.3, 0.4) is 0 Å². The van der Waals surface area contributed by atoms with Crippen LogP contribution in [0.25, 0.3) is 0 Å². The Labute approximate surface area is 232 Å². The van der Waals surface area contributed by atoms with E-state index in [1.165, 1.54) is 6.42 Å². The number of hydrogen-bond donors (Lipinski definition) is 2. The first kappa shape index (κ1) is 29.9. The second kappa shape index (κ2) is 13.9. The zero-order chi connectivity index (χ0) is 27.7. The number of rotatable bonds is 10. The molecule has 1 aromatic carbocycles. The highest BCUT2D eigenvalue weighted by Gasteiger charge is 2.42. The van der Waals surface area contributed by atoms with Crippen LogP contribution in [0.1, 0.15) is 95.7 Å². The fourth-order valence-electron chi connectivity index (χ4n) is 5.03. The van der Waals surface area contributed by atoms with Crippen LogP contribution in [0.15, 0.2) is 24.3 Å². The molecule has 0 bridgehead atoms. The molecule has 7 nitrogen and oxygen atoms in total.